The van der Waals surface area contributed by atoms with E-state index in [-0.39, 0.29) is 26.4 Å². The van der Waals surface area contributed by atoms with Crippen LogP contribution in [0.25, 0.3) is 0 Å². The summed E-state index contributed by atoms with van der Waals surface area (Å²) in [6, 6.07) is 26.7. The number of hydrogen-bond acceptors (Lipinski definition) is 10. The van der Waals surface area contributed by atoms with E-state index >= 15 is 0 Å². The minimum atomic E-state index is -1.24. The molecule has 242 valence electrons. The van der Waals surface area contributed by atoms with Gasteiger partial charge in [-0.1, -0.05) is 60.7 Å². The molecule has 0 saturated carbocycles. The van der Waals surface area contributed by atoms with Crippen LogP contribution >= 0.6 is 23.5 Å². The molecular formula is C34H34O10S2. The summed E-state index contributed by atoms with van der Waals surface area (Å²) >= 11 is 2.99. The largest absolute Gasteiger partial charge is 0.478 e. The minimum absolute atomic E-state index is 0.111. The third kappa shape index (κ3) is 15.6. The first-order chi connectivity index (χ1) is 22.3. The van der Waals surface area contributed by atoms with E-state index in [1.54, 1.807) is 0 Å². The lowest BCUT2D eigenvalue weighted by Crippen LogP contribution is -2.25. The lowest BCUT2D eigenvalue weighted by Gasteiger charge is -2.18. The highest BCUT2D eigenvalue weighted by atomic mass is 32.2. The molecule has 10 nitrogen and oxygen atoms in total. The summed E-state index contributed by atoms with van der Waals surface area (Å²) in [6.45, 7) is 0.740. The van der Waals surface area contributed by atoms with Crippen LogP contribution in [-0.4, -0.2) is 71.0 Å². The quantitative estimate of drug-likeness (QED) is 0.0903. The molecule has 0 spiro atoms. The molecule has 2 atom stereocenters. The maximum atomic E-state index is 12.1. The van der Waals surface area contributed by atoms with E-state index < -0.39 is 36.1 Å². The topological polar surface area (TPSA) is 146 Å². The van der Waals surface area contributed by atoms with Gasteiger partial charge in [-0.3, -0.25) is 0 Å². The van der Waals surface area contributed by atoms with Gasteiger partial charge in [0.2, 0.25) is 0 Å². The predicted octanol–water partition coefficient (Wildman–Crippen LogP) is 5.41. The summed E-state index contributed by atoms with van der Waals surface area (Å²) in [5.74, 6) is -3.17. The summed E-state index contributed by atoms with van der Waals surface area (Å²) < 4.78 is 22.5. The molecule has 0 aliphatic carbocycles. The van der Waals surface area contributed by atoms with Crippen molar-refractivity contribution < 1.29 is 48.3 Å². The van der Waals surface area contributed by atoms with Crippen molar-refractivity contribution in [2.24, 2.45) is 0 Å². The van der Waals surface area contributed by atoms with Crippen molar-refractivity contribution in [3.63, 3.8) is 0 Å². The van der Waals surface area contributed by atoms with Crippen LogP contribution in [0.3, 0.4) is 0 Å². The summed E-state index contributed by atoms with van der Waals surface area (Å²) in [6.07, 6.45) is 1.98. The summed E-state index contributed by atoms with van der Waals surface area (Å²) in [7, 11) is 0. The number of hydrogen-bond donors (Lipinski definition) is 2. The van der Waals surface area contributed by atoms with Crippen molar-refractivity contribution in [3.05, 3.63) is 120 Å². The van der Waals surface area contributed by atoms with E-state index in [4.69, 9.17) is 29.2 Å². The number of benzene rings is 3. The highest BCUT2D eigenvalue weighted by Crippen LogP contribution is 2.21. The van der Waals surface area contributed by atoms with Crippen molar-refractivity contribution >= 4 is 47.4 Å². The standard InChI is InChI=1S/C34H34O10S2/c35-31(36)15-17-33(39)43-27(23-45-29-7-3-1-4-8-29)21-41-19-25-11-13-26(14-12-25)20-42-22-28(44-34(40)18-16-32(37)38)24-46-30-9-5-2-6-10-30/h1-18,27-28H,19-24H2,(H,35,36)(H,37,38)/b17-15+,18-16+. The van der Waals surface area contributed by atoms with Gasteiger partial charge in [-0.05, 0) is 35.4 Å². The van der Waals surface area contributed by atoms with Crippen LogP contribution in [0, 0.1) is 0 Å². The summed E-state index contributed by atoms with van der Waals surface area (Å²) in [5.41, 5.74) is 1.76. The zero-order valence-corrected chi connectivity index (χ0v) is 26.4. The average molecular weight is 667 g/mol. The van der Waals surface area contributed by atoms with E-state index in [0.29, 0.717) is 11.5 Å². The zero-order chi connectivity index (χ0) is 33.0. The molecule has 2 unspecified atom stereocenters. The maximum Gasteiger partial charge on any atom is 0.331 e. The normalized spacial score (nSPS) is 12.5. The number of esters is 2. The fraction of sp³-hybridized carbons (Fsp3) is 0.235. The number of ether oxygens (including phenoxy) is 4. The molecular weight excluding hydrogens is 632 g/mol. The second-order valence-corrected chi connectivity index (χ2v) is 11.7. The van der Waals surface area contributed by atoms with E-state index in [9.17, 15) is 19.2 Å². The highest BCUT2D eigenvalue weighted by Gasteiger charge is 2.16. The van der Waals surface area contributed by atoms with Crippen molar-refractivity contribution in [3.8, 4) is 0 Å². The molecule has 0 fully saturated rings. The van der Waals surface area contributed by atoms with Crippen LogP contribution in [0.2, 0.25) is 0 Å². The first kappa shape index (κ1) is 36.1. The van der Waals surface area contributed by atoms with Crippen LogP contribution < -0.4 is 0 Å². The Kier molecular flexibility index (Phi) is 16.2. The molecule has 0 aromatic heterocycles. The Morgan fingerprint density at radius 1 is 0.565 bits per heavy atom. The van der Waals surface area contributed by atoms with Gasteiger partial charge < -0.3 is 29.2 Å². The first-order valence-corrected chi connectivity index (χ1v) is 16.1. The SMILES string of the molecule is O=C(O)/C=C/C(=O)OC(COCc1ccc(COCC(CSc2ccccc2)OC(=O)/C=C/C(=O)O)cc1)CSc1ccccc1. The van der Waals surface area contributed by atoms with Crippen LogP contribution in [0.15, 0.2) is 119 Å². The smallest absolute Gasteiger partial charge is 0.331 e. The van der Waals surface area contributed by atoms with Gasteiger partial charge in [-0.15, -0.1) is 23.5 Å². The molecule has 0 radical (unpaired) electrons. The molecule has 3 aromatic carbocycles. The van der Waals surface area contributed by atoms with Gasteiger partial charge in [-0.2, -0.15) is 0 Å². The fourth-order valence-corrected chi connectivity index (χ4v) is 5.46. The van der Waals surface area contributed by atoms with E-state index in [0.717, 1.165) is 45.2 Å². The molecule has 3 rings (SSSR count). The summed E-state index contributed by atoms with van der Waals surface area (Å²) in [4.78, 5) is 47.6. The van der Waals surface area contributed by atoms with Crippen molar-refractivity contribution in [2.45, 2.75) is 35.2 Å². The number of thioether (sulfide) groups is 2. The molecule has 12 heteroatoms. The third-order valence-electron chi connectivity index (χ3n) is 5.82. The van der Waals surface area contributed by atoms with Crippen molar-refractivity contribution in [2.75, 3.05) is 24.7 Å². The Morgan fingerprint density at radius 3 is 1.28 bits per heavy atom. The first-order valence-electron chi connectivity index (χ1n) is 14.1. The number of carboxylic acid groups (broad SMARTS) is 2. The van der Waals surface area contributed by atoms with Crippen LogP contribution in [0.5, 0.6) is 0 Å². The molecule has 46 heavy (non-hydrogen) atoms. The fourth-order valence-electron chi connectivity index (χ4n) is 3.68. The molecule has 0 amide bonds. The van der Waals surface area contributed by atoms with E-state index in [2.05, 4.69) is 0 Å². The minimum Gasteiger partial charge on any atom is -0.478 e. The molecule has 2 N–H and O–H groups in total. The Balaban J connectivity index is 1.48. The highest BCUT2D eigenvalue weighted by molar-refractivity contribution is 7.99. The van der Waals surface area contributed by atoms with E-state index in [1.807, 2.05) is 84.9 Å². The lowest BCUT2D eigenvalue weighted by atomic mass is 10.1. The van der Waals surface area contributed by atoms with Gasteiger partial charge in [0.15, 0.2) is 0 Å². The van der Waals surface area contributed by atoms with Gasteiger partial charge in [0.05, 0.1) is 26.4 Å². The van der Waals surface area contributed by atoms with Gasteiger partial charge >= 0.3 is 23.9 Å². The van der Waals surface area contributed by atoms with Crippen molar-refractivity contribution in [1.29, 1.82) is 0 Å². The van der Waals surface area contributed by atoms with E-state index in [1.165, 1.54) is 23.5 Å². The Bertz CT molecular complexity index is 1330. The second kappa shape index (κ2) is 20.6. The van der Waals surface area contributed by atoms with Gasteiger partial charge in [0.25, 0.3) is 0 Å². The zero-order valence-electron chi connectivity index (χ0n) is 24.8. The molecule has 0 bridgehead atoms. The predicted molar refractivity (Wildman–Crippen MR) is 173 cm³/mol. The number of carboxylic acids is 2. The molecule has 0 aliphatic heterocycles. The Labute approximate surface area is 275 Å². The maximum absolute atomic E-state index is 12.1. The van der Waals surface area contributed by atoms with Crippen LogP contribution in [0.1, 0.15) is 11.1 Å². The number of carbonyl (C=O) groups is 4. The third-order valence-corrected chi connectivity index (χ3v) is 8.10. The van der Waals surface area contributed by atoms with Gasteiger partial charge in [0.1, 0.15) is 12.2 Å². The van der Waals surface area contributed by atoms with Crippen molar-refractivity contribution in [1.82, 2.24) is 0 Å². The monoisotopic (exact) mass is 666 g/mol. The lowest BCUT2D eigenvalue weighted by molar-refractivity contribution is -0.146. The summed E-state index contributed by atoms with van der Waals surface area (Å²) in [5, 5.41) is 17.5. The molecule has 0 heterocycles. The van der Waals surface area contributed by atoms with Crippen LogP contribution in [0.4, 0.5) is 0 Å². The second-order valence-electron chi connectivity index (χ2n) is 9.56. The molecule has 0 aliphatic rings. The Morgan fingerprint density at radius 2 is 0.935 bits per heavy atom. The molecule has 0 saturated heterocycles. The Hall–Kier alpha value is -4.36. The number of rotatable bonds is 20. The number of carbonyl (C=O) groups excluding carboxylic acids is 2. The number of aliphatic carboxylic acids is 2. The van der Waals surface area contributed by atoms with Crippen LogP contribution in [-0.2, 0) is 51.3 Å². The van der Waals surface area contributed by atoms with Gasteiger partial charge in [0, 0.05) is 45.6 Å². The molecule has 3 aromatic rings. The average Bonchev–Trinajstić information content (AvgIpc) is 3.05. The van der Waals surface area contributed by atoms with Gasteiger partial charge in [-0.25, -0.2) is 19.2 Å².